The molecule has 0 spiro atoms. The van der Waals surface area contributed by atoms with Crippen LogP contribution in [0.15, 0.2) is 0 Å². The van der Waals surface area contributed by atoms with Crippen LogP contribution in [0.5, 0.6) is 0 Å². The van der Waals surface area contributed by atoms with Crippen molar-refractivity contribution in [3.05, 3.63) is 16.0 Å². The summed E-state index contributed by atoms with van der Waals surface area (Å²) in [5, 5.41) is 3.62. The summed E-state index contributed by atoms with van der Waals surface area (Å²) < 4.78 is 0. The molecule has 3 N–H and O–H groups in total. The Labute approximate surface area is 155 Å². The van der Waals surface area contributed by atoms with Crippen LogP contribution in [0, 0.1) is 11.3 Å². The molecule has 1 unspecified atom stereocenters. The van der Waals surface area contributed by atoms with Crippen LogP contribution in [0.1, 0.15) is 87.0 Å². The number of nitrogens with two attached hydrogens (primary N) is 1. The Bertz CT molecular complexity index is 628. The van der Waals surface area contributed by atoms with Gasteiger partial charge >= 0.3 is 0 Å². The van der Waals surface area contributed by atoms with Gasteiger partial charge in [-0.15, -0.1) is 11.3 Å². The number of unbranched alkanes of at least 4 members (excludes halogenated alkanes) is 3. The maximum Gasteiger partial charge on any atom is 0.251 e. The van der Waals surface area contributed by atoms with Crippen LogP contribution in [-0.4, -0.2) is 11.8 Å². The fraction of sp³-hybridized carbons (Fsp3) is 0.700. The summed E-state index contributed by atoms with van der Waals surface area (Å²) in [5.41, 5.74) is 7.50. The number of hydrogen-bond acceptors (Lipinski definition) is 3. The lowest BCUT2D eigenvalue weighted by atomic mass is 9.72. The third-order valence-electron chi connectivity index (χ3n) is 5.25. The third-order valence-corrected chi connectivity index (χ3v) is 6.42. The number of amides is 2. The lowest BCUT2D eigenvalue weighted by Crippen LogP contribution is -2.27. The minimum Gasteiger partial charge on any atom is -0.365 e. The average Bonchev–Trinajstić information content (AvgIpc) is 2.87. The second-order valence-corrected chi connectivity index (χ2v) is 9.34. The van der Waals surface area contributed by atoms with Gasteiger partial charge in [0, 0.05) is 11.3 Å². The number of thiophene rings is 1. The van der Waals surface area contributed by atoms with Crippen molar-refractivity contribution in [2.75, 3.05) is 5.32 Å². The maximum atomic E-state index is 12.2. The fourth-order valence-electron chi connectivity index (χ4n) is 3.58. The highest BCUT2D eigenvalue weighted by Gasteiger charge is 2.33. The van der Waals surface area contributed by atoms with Gasteiger partial charge in [-0.3, -0.25) is 9.59 Å². The molecule has 0 saturated heterocycles. The van der Waals surface area contributed by atoms with E-state index in [0.717, 1.165) is 50.5 Å². The topological polar surface area (TPSA) is 72.2 Å². The Hall–Kier alpha value is -1.36. The van der Waals surface area contributed by atoms with E-state index in [4.69, 9.17) is 5.73 Å². The molecule has 0 radical (unpaired) electrons. The number of anilines is 1. The molecule has 1 aromatic rings. The minimum absolute atomic E-state index is 0.00966. The molecule has 0 aromatic carbocycles. The van der Waals surface area contributed by atoms with Crippen molar-refractivity contribution in [3.63, 3.8) is 0 Å². The summed E-state index contributed by atoms with van der Waals surface area (Å²) in [4.78, 5) is 25.4. The molecule has 0 aliphatic heterocycles. The van der Waals surface area contributed by atoms with Crippen LogP contribution < -0.4 is 11.1 Å². The molecule has 1 heterocycles. The smallest absolute Gasteiger partial charge is 0.251 e. The normalized spacial score (nSPS) is 17.2. The lowest BCUT2D eigenvalue weighted by molar-refractivity contribution is -0.116. The van der Waals surface area contributed by atoms with E-state index in [1.54, 1.807) is 11.3 Å². The van der Waals surface area contributed by atoms with Crippen molar-refractivity contribution in [2.45, 2.75) is 79.1 Å². The van der Waals surface area contributed by atoms with Crippen molar-refractivity contribution in [1.29, 1.82) is 0 Å². The monoisotopic (exact) mass is 364 g/mol. The molecule has 2 amide bonds. The zero-order chi connectivity index (χ0) is 18.6. The van der Waals surface area contributed by atoms with Crippen molar-refractivity contribution < 1.29 is 9.59 Å². The van der Waals surface area contributed by atoms with Crippen LogP contribution in [0.25, 0.3) is 0 Å². The molecule has 2 rings (SSSR count). The van der Waals surface area contributed by atoms with Gasteiger partial charge in [0.15, 0.2) is 0 Å². The van der Waals surface area contributed by atoms with E-state index in [1.807, 2.05) is 0 Å². The molecule has 1 aliphatic rings. The Kier molecular flexibility index (Phi) is 6.66. The Morgan fingerprint density at radius 2 is 1.96 bits per heavy atom. The van der Waals surface area contributed by atoms with E-state index < -0.39 is 5.91 Å². The van der Waals surface area contributed by atoms with E-state index in [2.05, 4.69) is 33.0 Å². The summed E-state index contributed by atoms with van der Waals surface area (Å²) in [5.74, 6) is 0.162. The van der Waals surface area contributed by atoms with Gasteiger partial charge < -0.3 is 11.1 Å². The van der Waals surface area contributed by atoms with Gasteiger partial charge in [-0.2, -0.15) is 0 Å². The lowest BCUT2D eigenvalue weighted by Gasteiger charge is -2.33. The second kappa shape index (κ2) is 8.35. The molecule has 0 saturated carbocycles. The van der Waals surface area contributed by atoms with Crippen LogP contribution in [-0.2, 0) is 17.6 Å². The number of fused-ring (bicyclic) bond motifs is 1. The van der Waals surface area contributed by atoms with Gasteiger partial charge in [0.25, 0.3) is 5.91 Å². The van der Waals surface area contributed by atoms with Gasteiger partial charge in [-0.25, -0.2) is 0 Å². The Balaban J connectivity index is 2.13. The average molecular weight is 365 g/mol. The minimum atomic E-state index is -0.423. The van der Waals surface area contributed by atoms with Gasteiger partial charge in [0.1, 0.15) is 5.00 Å². The molecular formula is C20H32N2O2S. The molecule has 1 aromatic heterocycles. The molecule has 4 nitrogen and oxygen atoms in total. The molecular weight excluding hydrogens is 332 g/mol. The van der Waals surface area contributed by atoms with Gasteiger partial charge in [-0.1, -0.05) is 47.0 Å². The first-order valence-corrected chi connectivity index (χ1v) is 10.3. The number of nitrogens with one attached hydrogen (secondary N) is 1. The predicted molar refractivity (Wildman–Crippen MR) is 105 cm³/mol. The zero-order valence-corrected chi connectivity index (χ0v) is 16.9. The first kappa shape index (κ1) is 20.0. The van der Waals surface area contributed by atoms with Gasteiger partial charge in [-0.05, 0) is 42.6 Å². The summed E-state index contributed by atoms with van der Waals surface area (Å²) in [6.45, 7) is 8.96. The van der Waals surface area contributed by atoms with Crippen LogP contribution in [0.3, 0.4) is 0 Å². The van der Waals surface area contributed by atoms with Gasteiger partial charge in [0.05, 0.1) is 5.56 Å². The first-order chi connectivity index (χ1) is 11.7. The van der Waals surface area contributed by atoms with Crippen LogP contribution in [0.4, 0.5) is 5.00 Å². The van der Waals surface area contributed by atoms with E-state index >= 15 is 0 Å². The molecule has 5 heteroatoms. The van der Waals surface area contributed by atoms with Crippen molar-refractivity contribution in [2.24, 2.45) is 17.1 Å². The van der Waals surface area contributed by atoms with E-state index in [-0.39, 0.29) is 11.3 Å². The van der Waals surface area contributed by atoms with Crippen LogP contribution >= 0.6 is 11.3 Å². The largest absolute Gasteiger partial charge is 0.365 e. The van der Waals surface area contributed by atoms with Gasteiger partial charge in [0.2, 0.25) is 5.91 Å². The zero-order valence-electron chi connectivity index (χ0n) is 16.0. The SMILES string of the molecule is CCCCCCC(=O)Nc1sc2c(c1C(N)=O)CCC(C(C)(C)C)C2. The predicted octanol–water partition coefficient (Wildman–Crippen LogP) is 4.91. The number of hydrogen-bond donors (Lipinski definition) is 2. The standard InChI is InChI=1S/C20H32N2O2S/c1-5-6-7-8-9-16(23)22-19-17(18(21)24)14-11-10-13(20(2,3)4)12-15(14)25-19/h13H,5-12H2,1-4H3,(H2,21,24)(H,22,23). The van der Waals surface area contributed by atoms with E-state index in [9.17, 15) is 9.59 Å². The number of primary amides is 1. The van der Waals surface area contributed by atoms with E-state index in [0.29, 0.717) is 22.9 Å². The number of carbonyl (C=O) groups excluding carboxylic acids is 2. The molecule has 1 aliphatic carbocycles. The molecule has 140 valence electrons. The molecule has 0 bridgehead atoms. The highest BCUT2D eigenvalue weighted by molar-refractivity contribution is 7.17. The molecule has 1 atom stereocenters. The maximum absolute atomic E-state index is 12.2. The van der Waals surface area contributed by atoms with Crippen LogP contribution in [0.2, 0.25) is 0 Å². The summed E-state index contributed by atoms with van der Waals surface area (Å²) in [7, 11) is 0. The molecule has 25 heavy (non-hydrogen) atoms. The highest BCUT2D eigenvalue weighted by Crippen LogP contribution is 2.44. The number of rotatable bonds is 7. The summed E-state index contributed by atoms with van der Waals surface area (Å²) >= 11 is 1.55. The van der Waals surface area contributed by atoms with Crippen molar-refractivity contribution in [3.8, 4) is 0 Å². The summed E-state index contributed by atoms with van der Waals surface area (Å²) in [6, 6.07) is 0. The first-order valence-electron chi connectivity index (χ1n) is 9.48. The van der Waals surface area contributed by atoms with E-state index in [1.165, 1.54) is 4.88 Å². The summed E-state index contributed by atoms with van der Waals surface area (Å²) in [6.07, 6.45) is 7.68. The Morgan fingerprint density at radius 3 is 2.56 bits per heavy atom. The second-order valence-electron chi connectivity index (χ2n) is 8.24. The number of carbonyl (C=O) groups is 2. The fourth-order valence-corrected chi connectivity index (χ4v) is 4.92. The third kappa shape index (κ3) is 5.06. The molecule has 0 fully saturated rings. The van der Waals surface area contributed by atoms with Crippen molar-refractivity contribution in [1.82, 2.24) is 0 Å². The quantitative estimate of drug-likeness (QED) is 0.675. The highest BCUT2D eigenvalue weighted by atomic mass is 32.1. The van der Waals surface area contributed by atoms with Crippen molar-refractivity contribution >= 4 is 28.2 Å². The Morgan fingerprint density at radius 1 is 1.24 bits per heavy atom.